The first-order chi connectivity index (χ1) is 14.0. The molecule has 0 spiro atoms. The molecule has 0 radical (unpaired) electrons. The molecular weight excluding hydrogens is 388 g/mol. The van der Waals surface area contributed by atoms with E-state index in [1.54, 1.807) is 21.9 Å². The topological polar surface area (TPSA) is 67.2 Å². The molecule has 2 amide bonds. The van der Waals surface area contributed by atoms with Gasteiger partial charge in [0.15, 0.2) is 0 Å². The van der Waals surface area contributed by atoms with Crippen molar-refractivity contribution < 1.29 is 4.79 Å². The molecule has 0 atom stereocenters. The summed E-state index contributed by atoms with van der Waals surface area (Å²) in [6.45, 7) is 4.99. The Kier molecular flexibility index (Phi) is 5.28. The van der Waals surface area contributed by atoms with Crippen molar-refractivity contribution in [3.8, 4) is 0 Å². The number of anilines is 1. The summed E-state index contributed by atoms with van der Waals surface area (Å²) in [5.74, 6) is 0. The predicted molar refractivity (Wildman–Crippen MR) is 116 cm³/mol. The third-order valence-electron chi connectivity index (χ3n) is 5.67. The van der Waals surface area contributed by atoms with Gasteiger partial charge in [0.05, 0.1) is 17.2 Å². The van der Waals surface area contributed by atoms with E-state index in [2.05, 4.69) is 10.3 Å². The highest BCUT2D eigenvalue weighted by Crippen LogP contribution is 2.25. The van der Waals surface area contributed by atoms with Crippen molar-refractivity contribution in [2.24, 2.45) is 0 Å². The third kappa shape index (κ3) is 3.72. The Morgan fingerprint density at radius 2 is 1.86 bits per heavy atom. The second kappa shape index (κ2) is 7.87. The summed E-state index contributed by atoms with van der Waals surface area (Å²) in [6.07, 6.45) is 3.06. The molecule has 2 heterocycles. The van der Waals surface area contributed by atoms with Gasteiger partial charge in [-0.25, -0.2) is 9.78 Å². The van der Waals surface area contributed by atoms with Gasteiger partial charge in [0.25, 0.3) is 5.56 Å². The first-order valence-electron chi connectivity index (χ1n) is 9.73. The van der Waals surface area contributed by atoms with E-state index >= 15 is 0 Å². The normalized spacial score (nSPS) is 14.9. The molecule has 3 aromatic rings. The maximum Gasteiger partial charge on any atom is 0.321 e. The molecule has 1 aromatic heterocycles. The monoisotopic (exact) mass is 410 g/mol. The molecule has 150 valence electrons. The average Bonchev–Trinajstić information content (AvgIpc) is 2.72. The molecule has 0 bridgehead atoms. The number of hydrogen-bond acceptors (Lipinski definition) is 3. The van der Waals surface area contributed by atoms with E-state index < -0.39 is 0 Å². The van der Waals surface area contributed by atoms with Crippen LogP contribution in [0, 0.1) is 13.8 Å². The number of likely N-dealkylation sites (tertiary alicyclic amines) is 1. The van der Waals surface area contributed by atoms with Crippen LogP contribution in [-0.4, -0.2) is 33.6 Å². The van der Waals surface area contributed by atoms with Crippen LogP contribution in [-0.2, 0) is 0 Å². The number of fused-ring (bicyclic) bond motifs is 1. The summed E-state index contributed by atoms with van der Waals surface area (Å²) in [4.78, 5) is 31.8. The quantitative estimate of drug-likeness (QED) is 0.674. The highest BCUT2D eigenvalue weighted by molar-refractivity contribution is 6.31. The smallest absolute Gasteiger partial charge is 0.321 e. The van der Waals surface area contributed by atoms with Crippen LogP contribution < -0.4 is 10.9 Å². The largest absolute Gasteiger partial charge is 0.324 e. The summed E-state index contributed by atoms with van der Waals surface area (Å²) in [7, 11) is 0. The summed E-state index contributed by atoms with van der Waals surface area (Å²) < 4.78 is 1.72. The lowest BCUT2D eigenvalue weighted by molar-refractivity contribution is 0.182. The molecule has 1 aliphatic heterocycles. The van der Waals surface area contributed by atoms with E-state index in [1.807, 2.05) is 44.2 Å². The van der Waals surface area contributed by atoms with Gasteiger partial charge in [-0.2, -0.15) is 0 Å². The number of benzene rings is 2. The molecule has 1 N–H and O–H groups in total. The number of carbonyl (C=O) groups excluding carboxylic acids is 1. The van der Waals surface area contributed by atoms with E-state index in [0.717, 1.165) is 22.3 Å². The second-order valence-electron chi connectivity index (χ2n) is 7.49. The van der Waals surface area contributed by atoms with Crippen molar-refractivity contribution in [3.63, 3.8) is 0 Å². The molecule has 1 aliphatic rings. The zero-order valence-corrected chi connectivity index (χ0v) is 17.2. The van der Waals surface area contributed by atoms with Crippen molar-refractivity contribution in [3.05, 3.63) is 69.2 Å². The van der Waals surface area contributed by atoms with Gasteiger partial charge < -0.3 is 10.2 Å². The third-order valence-corrected chi connectivity index (χ3v) is 6.08. The first kappa shape index (κ1) is 19.5. The number of aryl methyl sites for hydroxylation is 1. The van der Waals surface area contributed by atoms with Crippen LogP contribution in [0.4, 0.5) is 10.5 Å². The summed E-state index contributed by atoms with van der Waals surface area (Å²) in [6, 6.07) is 11.0. The van der Waals surface area contributed by atoms with E-state index in [1.165, 1.54) is 0 Å². The molecule has 1 fully saturated rings. The van der Waals surface area contributed by atoms with Crippen LogP contribution >= 0.6 is 11.6 Å². The molecule has 2 aromatic carbocycles. The Balaban J connectivity index is 1.46. The van der Waals surface area contributed by atoms with Gasteiger partial charge in [0.1, 0.15) is 0 Å². The fourth-order valence-electron chi connectivity index (χ4n) is 3.86. The summed E-state index contributed by atoms with van der Waals surface area (Å²) in [5, 5.41) is 4.21. The molecule has 6 nitrogen and oxygen atoms in total. The molecule has 7 heteroatoms. The number of para-hydroxylation sites is 1. The van der Waals surface area contributed by atoms with Gasteiger partial charge in [-0.1, -0.05) is 29.8 Å². The Labute approximate surface area is 174 Å². The minimum Gasteiger partial charge on any atom is -0.324 e. The Morgan fingerprint density at radius 3 is 2.62 bits per heavy atom. The molecule has 0 unspecified atom stereocenters. The minimum absolute atomic E-state index is 0.0175. The number of nitrogens with zero attached hydrogens (tertiary/aromatic N) is 3. The highest BCUT2D eigenvalue weighted by Gasteiger charge is 2.25. The number of aromatic nitrogens is 2. The van der Waals surface area contributed by atoms with Gasteiger partial charge in [-0.15, -0.1) is 0 Å². The van der Waals surface area contributed by atoms with Gasteiger partial charge in [-0.3, -0.25) is 9.36 Å². The van der Waals surface area contributed by atoms with Gasteiger partial charge in [0.2, 0.25) is 0 Å². The molecule has 4 rings (SSSR count). The van der Waals surface area contributed by atoms with Crippen molar-refractivity contribution in [2.75, 3.05) is 18.4 Å². The van der Waals surface area contributed by atoms with Crippen LogP contribution in [0.1, 0.15) is 30.0 Å². The number of carbonyl (C=O) groups is 1. The Hall–Kier alpha value is -2.86. The number of rotatable bonds is 2. The molecule has 0 aliphatic carbocycles. The predicted octanol–water partition coefficient (Wildman–Crippen LogP) is 4.54. The molecular formula is C22H23ClN4O2. The summed E-state index contributed by atoms with van der Waals surface area (Å²) in [5.41, 5.74) is 3.30. The maximum atomic E-state index is 12.9. The van der Waals surface area contributed by atoms with Crippen molar-refractivity contribution in [1.82, 2.24) is 14.5 Å². The van der Waals surface area contributed by atoms with Gasteiger partial charge >= 0.3 is 6.03 Å². The number of nitrogens with one attached hydrogen (secondary N) is 1. The summed E-state index contributed by atoms with van der Waals surface area (Å²) >= 11 is 6.13. The number of hydrogen-bond donors (Lipinski definition) is 1. The SMILES string of the molecule is Cc1c(Cl)cccc1NC(=O)N1CCC(n2cnc3c(C)cccc3c2=O)CC1. The van der Waals surface area contributed by atoms with Crippen molar-refractivity contribution >= 4 is 34.2 Å². The van der Waals surface area contributed by atoms with Gasteiger partial charge in [-0.05, 0) is 56.0 Å². The van der Waals surface area contributed by atoms with E-state index in [9.17, 15) is 9.59 Å². The van der Waals surface area contributed by atoms with Crippen LogP contribution in [0.5, 0.6) is 0 Å². The number of amides is 2. The number of halogens is 1. The number of urea groups is 1. The first-order valence-corrected chi connectivity index (χ1v) is 10.1. The molecule has 1 saturated heterocycles. The zero-order valence-electron chi connectivity index (χ0n) is 16.5. The molecule has 0 saturated carbocycles. The Morgan fingerprint density at radius 1 is 1.14 bits per heavy atom. The van der Waals surface area contributed by atoms with Crippen LogP contribution in [0.2, 0.25) is 5.02 Å². The van der Waals surface area contributed by atoms with E-state index in [-0.39, 0.29) is 17.6 Å². The van der Waals surface area contributed by atoms with Crippen LogP contribution in [0.15, 0.2) is 47.5 Å². The van der Waals surface area contributed by atoms with Crippen LogP contribution in [0.25, 0.3) is 10.9 Å². The Bertz CT molecular complexity index is 1130. The lowest BCUT2D eigenvalue weighted by atomic mass is 10.0. The van der Waals surface area contributed by atoms with Crippen molar-refractivity contribution in [1.29, 1.82) is 0 Å². The van der Waals surface area contributed by atoms with Crippen molar-refractivity contribution in [2.45, 2.75) is 32.7 Å². The van der Waals surface area contributed by atoms with E-state index in [4.69, 9.17) is 11.6 Å². The van der Waals surface area contributed by atoms with E-state index in [0.29, 0.717) is 36.3 Å². The fourth-order valence-corrected chi connectivity index (χ4v) is 4.03. The maximum absolute atomic E-state index is 12.9. The average molecular weight is 411 g/mol. The van der Waals surface area contributed by atoms with Crippen LogP contribution in [0.3, 0.4) is 0 Å². The van der Waals surface area contributed by atoms with Gasteiger partial charge in [0, 0.05) is 29.8 Å². The minimum atomic E-state index is -0.145. The molecule has 29 heavy (non-hydrogen) atoms. The zero-order chi connectivity index (χ0) is 20.5. The standard InChI is InChI=1S/C22H23ClN4O2/c1-14-5-3-6-17-20(14)24-13-27(21(17)28)16-9-11-26(12-10-16)22(29)25-19-8-4-7-18(23)15(19)2/h3-8,13,16H,9-12H2,1-2H3,(H,25,29). The lowest BCUT2D eigenvalue weighted by Gasteiger charge is -2.33. The highest BCUT2D eigenvalue weighted by atomic mass is 35.5. The lowest BCUT2D eigenvalue weighted by Crippen LogP contribution is -2.43. The second-order valence-corrected chi connectivity index (χ2v) is 7.90. The number of piperidine rings is 1. The fraction of sp³-hybridized carbons (Fsp3) is 0.318.